The van der Waals surface area contributed by atoms with E-state index in [-0.39, 0.29) is 6.09 Å². The van der Waals surface area contributed by atoms with Gasteiger partial charge in [0.05, 0.1) is 15.6 Å². The van der Waals surface area contributed by atoms with Crippen LogP contribution in [-0.2, 0) is 4.74 Å². The molecule has 4 nitrogen and oxygen atoms in total. The SMILES string of the molecule is Cc1nc(C2CCN(C(=O)OC(C)(C)C)CC2)sc1-c1cccc(Cl)c1. The summed E-state index contributed by atoms with van der Waals surface area (Å²) >= 11 is 7.87. The van der Waals surface area contributed by atoms with Crippen LogP contribution in [-0.4, -0.2) is 34.7 Å². The van der Waals surface area contributed by atoms with Gasteiger partial charge in [-0.05, 0) is 58.2 Å². The second-order valence-electron chi connectivity index (χ2n) is 7.72. The predicted molar refractivity (Wildman–Crippen MR) is 107 cm³/mol. The number of ether oxygens (including phenoxy) is 1. The molecular weight excluding hydrogens is 368 g/mol. The number of piperidine rings is 1. The molecule has 0 unspecified atom stereocenters. The molecule has 0 N–H and O–H groups in total. The van der Waals surface area contributed by atoms with Crippen molar-refractivity contribution >= 4 is 29.0 Å². The van der Waals surface area contributed by atoms with E-state index in [2.05, 4.69) is 6.07 Å². The molecular formula is C20H25ClN2O2S. The average Bonchev–Trinajstić information content (AvgIpc) is 2.95. The Morgan fingerprint density at radius 3 is 2.62 bits per heavy atom. The van der Waals surface area contributed by atoms with Crippen molar-refractivity contribution in [2.24, 2.45) is 0 Å². The van der Waals surface area contributed by atoms with Crippen molar-refractivity contribution in [3.8, 4) is 10.4 Å². The number of likely N-dealkylation sites (tertiary alicyclic amines) is 1. The van der Waals surface area contributed by atoms with Crippen molar-refractivity contribution in [2.45, 2.75) is 52.1 Å². The maximum atomic E-state index is 12.2. The fourth-order valence-corrected chi connectivity index (χ4v) is 4.55. The number of benzene rings is 1. The Labute approximate surface area is 164 Å². The molecule has 6 heteroatoms. The first-order chi connectivity index (χ1) is 12.2. The molecule has 0 atom stereocenters. The van der Waals surface area contributed by atoms with Gasteiger partial charge in [-0.15, -0.1) is 11.3 Å². The van der Waals surface area contributed by atoms with Gasteiger partial charge < -0.3 is 9.64 Å². The third kappa shape index (κ3) is 4.57. The van der Waals surface area contributed by atoms with Crippen molar-refractivity contribution in [3.63, 3.8) is 0 Å². The molecule has 0 saturated carbocycles. The Morgan fingerprint density at radius 1 is 1.31 bits per heavy atom. The summed E-state index contributed by atoms with van der Waals surface area (Å²) in [5.74, 6) is 0.394. The first kappa shape index (κ1) is 19.2. The third-order valence-electron chi connectivity index (χ3n) is 4.40. The number of aryl methyl sites for hydroxylation is 1. The normalized spacial score (nSPS) is 16.0. The summed E-state index contributed by atoms with van der Waals surface area (Å²) in [7, 11) is 0. The van der Waals surface area contributed by atoms with Gasteiger partial charge in [0.1, 0.15) is 5.60 Å². The van der Waals surface area contributed by atoms with E-state index >= 15 is 0 Å². The Morgan fingerprint density at radius 2 is 2.00 bits per heavy atom. The monoisotopic (exact) mass is 392 g/mol. The van der Waals surface area contributed by atoms with Crippen molar-refractivity contribution in [2.75, 3.05) is 13.1 Å². The molecule has 1 aliphatic heterocycles. The molecule has 0 aliphatic carbocycles. The Bertz CT molecular complexity index is 789. The first-order valence-corrected chi connectivity index (χ1v) is 10.1. The van der Waals surface area contributed by atoms with Gasteiger partial charge in [-0.25, -0.2) is 9.78 Å². The molecule has 2 heterocycles. The number of carbonyl (C=O) groups excluding carboxylic acids is 1. The van der Waals surface area contributed by atoms with Crippen LogP contribution in [0.5, 0.6) is 0 Å². The van der Waals surface area contributed by atoms with Gasteiger partial charge in [0, 0.05) is 24.0 Å². The van der Waals surface area contributed by atoms with Gasteiger partial charge in [-0.3, -0.25) is 0 Å². The van der Waals surface area contributed by atoms with Crippen LogP contribution in [0.2, 0.25) is 5.02 Å². The summed E-state index contributed by atoms with van der Waals surface area (Å²) in [6.07, 6.45) is 1.62. The van der Waals surface area contributed by atoms with Crippen LogP contribution in [0.25, 0.3) is 10.4 Å². The molecule has 3 rings (SSSR count). The van der Waals surface area contributed by atoms with Gasteiger partial charge in [0.15, 0.2) is 0 Å². The van der Waals surface area contributed by atoms with E-state index < -0.39 is 5.60 Å². The highest BCUT2D eigenvalue weighted by Crippen LogP contribution is 2.38. The number of carbonyl (C=O) groups is 1. The maximum Gasteiger partial charge on any atom is 0.410 e. The minimum absolute atomic E-state index is 0.217. The van der Waals surface area contributed by atoms with E-state index in [0.29, 0.717) is 19.0 Å². The fourth-order valence-electron chi connectivity index (χ4n) is 3.12. The van der Waals surface area contributed by atoms with Crippen molar-refractivity contribution in [1.29, 1.82) is 0 Å². The lowest BCUT2D eigenvalue weighted by molar-refractivity contribution is 0.0205. The number of rotatable bonds is 2. The van der Waals surface area contributed by atoms with Crippen LogP contribution < -0.4 is 0 Å². The molecule has 1 fully saturated rings. The Kier molecular flexibility index (Phi) is 5.58. The summed E-state index contributed by atoms with van der Waals surface area (Å²) in [6, 6.07) is 7.91. The van der Waals surface area contributed by atoms with Crippen molar-refractivity contribution < 1.29 is 9.53 Å². The zero-order valence-electron chi connectivity index (χ0n) is 15.7. The molecule has 2 aromatic rings. The molecule has 0 bridgehead atoms. The highest BCUT2D eigenvalue weighted by molar-refractivity contribution is 7.15. The predicted octanol–water partition coefficient (Wildman–Crippen LogP) is 5.89. The van der Waals surface area contributed by atoms with Crippen LogP contribution in [0.1, 0.15) is 50.2 Å². The summed E-state index contributed by atoms with van der Waals surface area (Å²) in [6.45, 7) is 9.16. The zero-order valence-corrected chi connectivity index (χ0v) is 17.3. The topological polar surface area (TPSA) is 42.4 Å². The fraction of sp³-hybridized carbons (Fsp3) is 0.500. The van der Waals surface area contributed by atoms with Crippen molar-refractivity contribution in [1.82, 2.24) is 9.88 Å². The molecule has 1 aromatic carbocycles. The number of nitrogens with zero attached hydrogens (tertiary/aromatic N) is 2. The Hall–Kier alpha value is -1.59. The van der Waals surface area contributed by atoms with E-state index in [1.807, 2.05) is 45.9 Å². The quantitative estimate of drug-likeness (QED) is 0.640. The zero-order chi connectivity index (χ0) is 18.9. The van der Waals surface area contributed by atoms with E-state index in [9.17, 15) is 4.79 Å². The molecule has 140 valence electrons. The third-order valence-corrected chi connectivity index (χ3v) is 6.00. The van der Waals surface area contributed by atoms with E-state index in [1.165, 1.54) is 4.88 Å². The highest BCUT2D eigenvalue weighted by Gasteiger charge is 2.29. The van der Waals surface area contributed by atoms with Gasteiger partial charge in [-0.1, -0.05) is 23.7 Å². The van der Waals surface area contributed by atoms with E-state index in [1.54, 1.807) is 16.2 Å². The average molecular weight is 393 g/mol. The summed E-state index contributed by atoms with van der Waals surface area (Å²) in [4.78, 5) is 20.0. The second kappa shape index (κ2) is 7.57. The van der Waals surface area contributed by atoms with Gasteiger partial charge >= 0.3 is 6.09 Å². The molecule has 1 amide bonds. The summed E-state index contributed by atoms with van der Waals surface area (Å²) < 4.78 is 5.47. The van der Waals surface area contributed by atoms with Crippen LogP contribution in [0.4, 0.5) is 4.79 Å². The molecule has 1 aliphatic rings. The summed E-state index contributed by atoms with van der Waals surface area (Å²) in [5.41, 5.74) is 1.71. The lowest BCUT2D eigenvalue weighted by Crippen LogP contribution is -2.41. The smallest absolute Gasteiger partial charge is 0.410 e. The van der Waals surface area contributed by atoms with Crippen LogP contribution in [0.15, 0.2) is 24.3 Å². The standard InChI is InChI=1S/C20H25ClN2O2S/c1-13-17(15-6-5-7-16(21)12-15)26-18(22-13)14-8-10-23(11-9-14)19(24)25-20(2,3)4/h5-7,12,14H,8-11H2,1-4H3. The molecule has 1 aromatic heterocycles. The Balaban J connectivity index is 1.67. The molecule has 1 saturated heterocycles. The number of halogens is 1. The maximum absolute atomic E-state index is 12.2. The lowest BCUT2D eigenvalue weighted by Gasteiger charge is -2.32. The van der Waals surface area contributed by atoms with Gasteiger partial charge in [0.2, 0.25) is 0 Å². The van der Waals surface area contributed by atoms with Gasteiger partial charge in [0.25, 0.3) is 0 Å². The van der Waals surface area contributed by atoms with Gasteiger partial charge in [-0.2, -0.15) is 0 Å². The molecule has 0 radical (unpaired) electrons. The number of hydrogen-bond donors (Lipinski definition) is 0. The van der Waals surface area contributed by atoms with E-state index in [4.69, 9.17) is 21.3 Å². The van der Waals surface area contributed by atoms with Crippen LogP contribution in [0.3, 0.4) is 0 Å². The molecule has 26 heavy (non-hydrogen) atoms. The number of hydrogen-bond acceptors (Lipinski definition) is 4. The number of amides is 1. The first-order valence-electron chi connectivity index (χ1n) is 8.94. The number of aromatic nitrogens is 1. The minimum Gasteiger partial charge on any atom is -0.444 e. The minimum atomic E-state index is -0.452. The highest BCUT2D eigenvalue weighted by atomic mass is 35.5. The lowest BCUT2D eigenvalue weighted by atomic mass is 9.98. The van der Waals surface area contributed by atoms with Crippen LogP contribution >= 0.6 is 22.9 Å². The summed E-state index contributed by atoms with van der Waals surface area (Å²) in [5, 5.41) is 1.89. The molecule has 0 spiro atoms. The number of thiazole rings is 1. The van der Waals surface area contributed by atoms with Crippen LogP contribution in [0, 0.1) is 6.92 Å². The van der Waals surface area contributed by atoms with Crippen molar-refractivity contribution in [3.05, 3.63) is 40.0 Å². The largest absolute Gasteiger partial charge is 0.444 e. The second-order valence-corrected chi connectivity index (χ2v) is 9.19. The van der Waals surface area contributed by atoms with E-state index in [0.717, 1.165) is 34.1 Å².